The maximum absolute atomic E-state index is 11.6. The molecule has 2 amide bonds. The molecule has 0 aliphatic carbocycles. The molecule has 1 aliphatic heterocycles. The van der Waals surface area contributed by atoms with Gasteiger partial charge in [0, 0.05) is 38.6 Å². The van der Waals surface area contributed by atoms with Gasteiger partial charge in [0.1, 0.15) is 0 Å². The number of urea groups is 1. The minimum atomic E-state index is 0.0774. The second-order valence-corrected chi connectivity index (χ2v) is 4.53. The van der Waals surface area contributed by atoms with E-state index in [-0.39, 0.29) is 6.03 Å². The maximum atomic E-state index is 11.6. The minimum absolute atomic E-state index is 0.0774. The number of hydrogen-bond donors (Lipinski definition) is 1. The largest absolute Gasteiger partial charge is 0.338 e. The molecule has 0 saturated carbocycles. The topological polar surface area (TPSA) is 50.2 Å². The molecular weight excluding hydrogens is 216 g/mol. The third-order valence-corrected chi connectivity index (χ3v) is 3.26. The van der Waals surface area contributed by atoms with Gasteiger partial charge in [0.15, 0.2) is 0 Å². The lowest BCUT2D eigenvalue weighted by Gasteiger charge is -2.32. The first-order valence-electron chi connectivity index (χ1n) is 6.28. The van der Waals surface area contributed by atoms with Gasteiger partial charge < -0.3 is 14.8 Å². The van der Waals surface area contributed by atoms with E-state index >= 15 is 0 Å². The summed E-state index contributed by atoms with van der Waals surface area (Å²) in [5.41, 5.74) is 0. The Morgan fingerprint density at radius 2 is 2.24 bits per heavy atom. The number of carbonyl (C=O) groups excluding carboxylic acids is 1. The van der Waals surface area contributed by atoms with E-state index in [1.165, 1.54) is 0 Å². The van der Waals surface area contributed by atoms with Crippen molar-refractivity contribution in [2.45, 2.75) is 26.3 Å². The monoisotopic (exact) mass is 236 g/mol. The number of hydrogen-bond acceptors (Lipinski definition) is 2. The number of likely N-dealkylation sites (tertiary alicyclic amines) is 1. The van der Waals surface area contributed by atoms with Crippen LogP contribution in [-0.4, -0.2) is 40.1 Å². The molecule has 0 bridgehead atoms. The Morgan fingerprint density at radius 3 is 2.82 bits per heavy atom. The Labute approximate surface area is 102 Å². The lowest BCUT2D eigenvalue weighted by molar-refractivity contribution is 0.166. The Hall–Kier alpha value is -1.52. The fourth-order valence-corrected chi connectivity index (χ4v) is 2.27. The van der Waals surface area contributed by atoms with Crippen LogP contribution >= 0.6 is 0 Å². The van der Waals surface area contributed by atoms with Crippen LogP contribution in [0.3, 0.4) is 0 Å². The molecule has 0 aromatic carbocycles. The van der Waals surface area contributed by atoms with Crippen LogP contribution in [0.15, 0.2) is 18.7 Å². The van der Waals surface area contributed by atoms with E-state index in [9.17, 15) is 4.79 Å². The second kappa shape index (κ2) is 5.70. The van der Waals surface area contributed by atoms with Gasteiger partial charge in [0.2, 0.25) is 0 Å². The smallest absolute Gasteiger partial charge is 0.317 e. The summed E-state index contributed by atoms with van der Waals surface area (Å²) in [5.74, 6) is 0.662. The van der Waals surface area contributed by atoms with E-state index in [2.05, 4.69) is 14.9 Å². The molecule has 5 nitrogen and oxygen atoms in total. The number of rotatable bonds is 3. The molecule has 0 atom stereocenters. The minimum Gasteiger partial charge on any atom is -0.338 e. The summed E-state index contributed by atoms with van der Waals surface area (Å²) in [4.78, 5) is 17.6. The first-order chi connectivity index (χ1) is 8.29. The SMILES string of the molecule is CCNC(=O)N1CCC(Cn2ccnc2)CC1. The van der Waals surface area contributed by atoms with E-state index in [4.69, 9.17) is 0 Å². The molecule has 2 heterocycles. The standard InChI is InChI=1S/C12H20N4O/c1-2-14-12(17)16-6-3-11(4-7-16)9-15-8-5-13-10-15/h5,8,10-11H,2-4,6-7,9H2,1H3,(H,14,17). The van der Waals surface area contributed by atoms with Crippen molar-refractivity contribution in [2.75, 3.05) is 19.6 Å². The Balaban J connectivity index is 1.76. The van der Waals surface area contributed by atoms with Crippen molar-refractivity contribution >= 4 is 6.03 Å². The first-order valence-corrected chi connectivity index (χ1v) is 6.28. The number of nitrogens with zero attached hydrogens (tertiary/aromatic N) is 3. The number of carbonyl (C=O) groups is 1. The van der Waals surface area contributed by atoms with Crippen molar-refractivity contribution in [3.63, 3.8) is 0 Å². The van der Waals surface area contributed by atoms with E-state index < -0.39 is 0 Å². The van der Waals surface area contributed by atoms with Gasteiger partial charge in [0.05, 0.1) is 6.33 Å². The van der Waals surface area contributed by atoms with Crippen LogP contribution in [0.2, 0.25) is 0 Å². The van der Waals surface area contributed by atoms with Gasteiger partial charge in [-0.3, -0.25) is 0 Å². The Kier molecular flexibility index (Phi) is 4.01. The highest BCUT2D eigenvalue weighted by molar-refractivity contribution is 5.74. The van der Waals surface area contributed by atoms with Crippen LogP contribution in [0.25, 0.3) is 0 Å². The molecule has 17 heavy (non-hydrogen) atoms. The molecule has 0 unspecified atom stereocenters. The number of piperidine rings is 1. The quantitative estimate of drug-likeness (QED) is 0.860. The normalized spacial score (nSPS) is 17.1. The number of aromatic nitrogens is 2. The van der Waals surface area contributed by atoms with E-state index in [1.54, 1.807) is 0 Å². The molecule has 2 rings (SSSR count). The molecule has 0 radical (unpaired) electrons. The Morgan fingerprint density at radius 1 is 1.47 bits per heavy atom. The maximum Gasteiger partial charge on any atom is 0.317 e. The molecule has 1 N–H and O–H groups in total. The number of imidazole rings is 1. The van der Waals surface area contributed by atoms with Gasteiger partial charge in [-0.05, 0) is 25.7 Å². The van der Waals surface area contributed by atoms with Crippen molar-refractivity contribution in [2.24, 2.45) is 5.92 Å². The van der Waals surface area contributed by atoms with Crippen LogP contribution < -0.4 is 5.32 Å². The molecule has 1 aromatic rings. The van der Waals surface area contributed by atoms with Crippen LogP contribution in [-0.2, 0) is 6.54 Å². The highest BCUT2D eigenvalue weighted by Crippen LogP contribution is 2.18. The fraction of sp³-hybridized carbons (Fsp3) is 0.667. The van der Waals surface area contributed by atoms with Crippen molar-refractivity contribution in [1.29, 1.82) is 0 Å². The summed E-state index contributed by atoms with van der Waals surface area (Å²) in [6.45, 7) is 5.40. The van der Waals surface area contributed by atoms with E-state index in [0.717, 1.165) is 32.5 Å². The van der Waals surface area contributed by atoms with Crippen molar-refractivity contribution in [1.82, 2.24) is 19.8 Å². The predicted octanol–water partition coefficient (Wildman–Crippen LogP) is 1.32. The zero-order valence-electron chi connectivity index (χ0n) is 10.3. The van der Waals surface area contributed by atoms with Crippen molar-refractivity contribution in [3.8, 4) is 0 Å². The van der Waals surface area contributed by atoms with Gasteiger partial charge in [-0.25, -0.2) is 9.78 Å². The summed E-state index contributed by atoms with van der Waals surface area (Å²) in [5, 5.41) is 2.85. The molecule has 1 aliphatic rings. The van der Waals surface area contributed by atoms with Crippen molar-refractivity contribution in [3.05, 3.63) is 18.7 Å². The predicted molar refractivity (Wildman–Crippen MR) is 65.6 cm³/mol. The average molecular weight is 236 g/mol. The van der Waals surface area contributed by atoms with Gasteiger partial charge in [-0.15, -0.1) is 0 Å². The van der Waals surface area contributed by atoms with Crippen molar-refractivity contribution < 1.29 is 4.79 Å². The number of nitrogens with one attached hydrogen (secondary N) is 1. The second-order valence-electron chi connectivity index (χ2n) is 4.53. The van der Waals surface area contributed by atoms with E-state index in [0.29, 0.717) is 12.5 Å². The molecule has 94 valence electrons. The summed E-state index contributed by atoms with van der Waals surface area (Å²) in [6, 6.07) is 0.0774. The lowest BCUT2D eigenvalue weighted by atomic mass is 9.97. The molecular formula is C12H20N4O. The first kappa shape index (κ1) is 12.0. The third-order valence-electron chi connectivity index (χ3n) is 3.26. The average Bonchev–Trinajstić information content (AvgIpc) is 2.83. The summed E-state index contributed by atoms with van der Waals surface area (Å²) >= 11 is 0. The highest BCUT2D eigenvalue weighted by Gasteiger charge is 2.22. The van der Waals surface area contributed by atoms with Crippen LogP contribution in [0.5, 0.6) is 0 Å². The number of amides is 2. The molecule has 1 fully saturated rings. The summed E-state index contributed by atoms with van der Waals surface area (Å²) in [6.07, 6.45) is 7.82. The van der Waals surface area contributed by atoms with Crippen LogP contribution in [0.1, 0.15) is 19.8 Å². The zero-order chi connectivity index (χ0) is 12.1. The van der Waals surface area contributed by atoms with Gasteiger partial charge >= 0.3 is 6.03 Å². The lowest BCUT2D eigenvalue weighted by Crippen LogP contribution is -2.44. The Bertz CT molecular complexity index is 341. The van der Waals surface area contributed by atoms with Gasteiger partial charge in [-0.2, -0.15) is 0 Å². The summed E-state index contributed by atoms with van der Waals surface area (Å²) < 4.78 is 2.12. The van der Waals surface area contributed by atoms with E-state index in [1.807, 2.05) is 30.5 Å². The zero-order valence-corrected chi connectivity index (χ0v) is 10.3. The molecule has 1 saturated heterocycles. The summed E-state index contributed by atoms with van der Waals surface area (Å²) in [7, 11) is 0. The highest BCUT2D eigenvalue weighted by atomic mass is 16.2. The van der Waals surface area contributed by atoms with Gasteiger partial charge in [-0.1, -0.05) is 0 Å². The van der Waals surface area contributed by atoms with Crippen LogP contribution in [0, 0.1) is 5.92 Å². The molecule has 5 heteroatoms. The third kappa shape index (κ3) is 3.22. The molecule has 1 aromatic heterocycles. The van der Waals surface area contributed by atoms with Crippen LogP contribution in [0.4, 0.5) is 4.79 Å². The van der Waals surface area contributed by atoms with Gasteiger partial charge in [0.25, 0.3) is 0 Å². The fourth-order valence-electron chi connectivity index (χ4n) is 2.27. The molecule has 0 spiro atoms.